The van der Waals surface area contributed by atoms with Crippen LogP contribution in [0, 0.1) is 6.92 Å². The average molecular weight is 374 g/mol. The number of pyridine rings is 1. The number of aromatic nitrogens is 1. The van der Waals surface area contributed by atoms with Crippen molar-refractivity contribution in [1.82, 2.24) is 4.98 Å². The van der Waals surface area contributed by atoms with Crippen LogP contribution in [-0.4, -0.2) is 29.2 Å². The highest BCUT2D eigenvalue weighted by atomic mass is 16.5. The molecule has 0 radical (unpaired) electrons. The molecule has 3 aromatic rings. The molecule has 1 aliphatic rings. The van der Waals surface area contributed by atoms with Crippen LogP contribution in [0.4, 0.5) is 5.69 Å². The molecule has 0 amide bonds. The molecule has 2 aromatic carbocycles. The highest BCUT2D eigenvalue weighted by Gasteiger charge is 2.22. The number of hydrogen-bond donors (Lipinski definition) is 2. The van der Waals surface area contributed by atoms with Crippen LogP contribution in [0.5, 0.6) is 5.75 Å². The molecular formula is C23H22N2O3. The average Bonchev–Trinajstić information content (AvgIpc) is 2.72. The van der Waals surface area contributed by atoms with E-state index in [1.807, 2.05) is 0 Å². The summed E-state index contributed by atoms with van der Waals surface area (Å²) in [4.78, 5) is 15.4. The number of nitrogens with zero attached hydrogens (tertiary/aromatic N) is 1. The first-order valence-corrected chi connectivity index (χ1v) is 9.37. The summed E-state index contributed by atoms with van der Waals surface area (Å²) in [7, 11) is 0. The van der Waals surface area contributed by atoms with Crippen molar-refractivity contribution >= 4 is 11.7 Å². The summed E-state index contributed by atoms with van der Waals surface area (Å²) in [5.74, 6) is 0.193. The monoisotopic (exact) mass is 374 g/mol. The fourth-order valence-corrected chi connectivity index (χ4v) is 3.56. The number of aromatic carboxylic acids is 1. The second kappa shape index (κ2) is 7.72. The quantitative estimate of drug-likeness (QED) is 0.675. The van der Waals surface area contributed by atoms with Crippen molar-refractivity contribution < 1.29 is 14.6 Å². The predicted octanol–water partition coefficient (Wildman–Crippen LogP) is 4.73. The van der Waals surface area contributed by atoms with Crippen molar-refractivity contribution in [2.75, 3.05) is 18.5 Å². The van der Waals surface area contributed by atoms with Crippen molar-refractivity contribution in [3.05, 3.63) is 77.6 Å². The Hall–Kier alpha value is -3.34. The van der Waals surface area contributed by atoms with Gasteiger partial charge in [-0.05, 0) is 42.2 Å². The molecule has 2 heterocycles. The predicted molar refractivity (Wildman–Crippen MR) is 109 cm³/mol. The van der Waals surface area contributed by atoms with E-state index in [0.717, 1.165) is 23.3 Å². The van der Waals surface area contributed by atoms with E-state index in [0.29, 0.717) is 18.8 Å². The zero-order chi connectivity index (χ0) is 19.5. The third kappa shape index (κ3) is 3.69. The maximum atomic E-state index is 11.4. The largest absolute Gasteiger partial charge is 0.493 e. The number of nitrogens with one attached hydrogen (secondary N) is 1. The molecule has 4 rings (SSSR count). The summed E-state index contributed by atoms with van der Waals surface area (Å²) in [6.07, 6.45) is 3.93. The van der Waals surface area contributed by atoms with Crippen molar-refractivity contribution in [3.63, 3.8) is 0 Å². The third-order valence-electron chi connectivity index (χ3n) is 5.15. The normalized spacial score (nSPS) is 15.4. The van der Waals surface area contributed by atoms with Gasteiger partial charge in [-0.2, -0.15) is 0 Å². The van der Waals surface area contributed by atoms with Gasteiger partial charge >= 0.3 is 5.97 Å². The van der Waals surface area contributed by atoms with Crippen molar-refractivity contribution in [3.8, 4) is 16.9 Å². The first-order valence-electron chi connectivity index (χ1n) is 9.37. The molecule has 5 nitrogen and oxygen atoms in total. The standard InChI is InChI=1S/C23H22N2O3/c1-15-2-4-16(5-3-15)17-6-7-19-18(9-11-28-22(19)12-17)13-25-21-14-24-10-8-20(21)23(26)27/h2-8,10,12,14,18,25H,9,11,13H2,1H3,(H,26,27)/t18-/m1/s1. The molecule has 28 heavy (non-hydrogen) atoms. The second-order valence-electron chi connectivity index (χ2n) is 7.06. The zero-order valence-corrected chi connectivity index (χ0v) is 15.7. The van der Waals surface area contributed by atoms with E-state index in [4.69, 9.17) is 4.74 Å². The van der Waals surface area contributed by atoms with E-state index >= 15 is 0 Å². The Labute approximate surface area is 164 Å². The summed E-state index contributed by atoms with van der Waals surface area (Å²) in [5, 5.41) is 12.6. The summed E-state index contributed by atoms with van der Waals surface area (Å²) in [6.45, 7) is 3.36. The van der Waals surface area contributed by atoms with Gasteiger partial charge in [0.05, 0.1) is 24.1 Å². The molecule has 1 atom stereocenters. The smallest absolute Gasteiger partial charge is 0.337 e. The molecule has 2 N–H and O–H groups in total. The Morgan fingerprint density at radius 3 is 2.75 bits per heavy atom. The molecule has 0 saturated heterocycles. The molecule has 0 fully saturated rings. The second-order valence-corrected chi connectivity index (χ2v) is 7.06. The Bertz CT molecular complexity index is 999. The van der Waals surface area contributed by atoms with Crippen LogP contribution in [-0.2, 0) is 0 Å². The molecular weight excluding hydrogens is 352 g/mol. The first-order chi connectivity index (χ1) is 13.6. The van der Waals surface area contributed by atoms with Crippen LogP contribution in [0.3, 0.4) is 0 Å². The summed E-state index contributed by atoms with van der Waals surface area (Å²) >= 11 is 0. The fraction of sp³-hybridized carbons (Fsp3) is 0.217. The summed E-state index contributed by atoms with van der Waals surface area (Å²) in [6, 6.07) is 16.3. The summed E-state index contributed by atoms with van der Waals surface area (Å²) < 4.78 is 5.92. The number of benzene rings is 2. The van der Waals surface area contributed by atoms with Gasteiger partial charge in [0, 0.05) is 18.7 Å². The number of hydrogen-bond acceptors (Lipinski definition) is 4. The lowest BCUT2D eigenvalue weighted by atomic mass is 9.91. The molecule has 0 unspecified atom stereocenters. The number of anilines is 1. The number of carboxylic acid groups (broad SMARTS) is 1. The number of aryl methyl sites for hydroxylation is 1. The lowest BCUT2D eigenvalue weighted by Crippen LogP contribution is -2.21. The highest BCUT2D eigenvalue weighted by molar-refractivity contribution is 5.93. The van der Waals surface area contributed by atoms with Crippen molar-refractivity contribution in [1.29, 1.82) is 0 Å². The maximum absolute atomic E-state index is 11.4. The minimum absolute atomic E-state index is 0.233. The number of carboxylic acids is 1. The van der Waals surface area contributed by atoms with Gasteiger partial charge in [-0.3, -0.25) is 4.98 Å². The van der Waals surface area contributed by atoms with Gasteiger partial charge in [0.25, 0.3) is 0 Å². The van der Waals surface area contributed by atoms with Crippen molar-refractivity contribution in [2.45, 2.75) is 19.3 Å². The van der Waals surface area contributed by atoms with Crippen LogP contribution in [0.1, 0.15) is 33.8 Å². The third-order valence-corrected chi connectivity index (χ3v) is 5.15. The Balaban J connectivity index is 1.54. The molecule has 5 heteroatoms. The number of rotatable bonds is 5. The molecule has 0 bridgehead atoms. The van der Waals surface area contributed by atoms with E-state index in [2.05, 4.69) is 59.7 Å². The lowest BCUT2D eigenvalue weighted by Gasteiger charge is -2.27. The van der Waals surface area contributed by atoms with E-state index < -0.39 is 5.97 Å². The molecule has 0 saturated carbocycles. The van der Waals surface area contributed by atoms with E-state index in [-0.39, 0.29) is 11.5 Å². The van der Waals surface area contributed by atoms with Crippen LogP contribution < -0.4 is 10.1 Å². The van der Waals surface area contributed by atoms with Gasteiger partial charge in [-0.15, -0.1) is 0 Å². The Morgan fingerprint density at radius 1 is 1.18 bits per heavy atom. The van der Waals surface area contributed by atoms with Gasteiger partial charge < -0.3 is 15.2 Å². The number of fused-ring (bicyclic) bond motifs is 1. The van der Waals surface area contributed by atoms with Crippen LogP contribution in [0.15, 0.2) is 60.9 Å². The molecule has 0 aliphatic carbocycles. The molecule has 1 aliphatic heterocycles. The fourth-order valence-electron chi connectivity index (χ4n) is 3.56. The maximum Gasteiger partial charge on any atom is 0.337 e. The summed E-state index contributed by atoms with van der Waals surface area (Å²) in [5.41, 5.74) is 5.46. The van der Waals surface area contributed by atoms with E-state index in [1.54, 1.807) is 6.20 Å². The lowest BCUT2D eigenvalue weighted by molar-refractivity contribution is 0.0697. The molecule has 142 valence electrons. The van der Waals surface area contributed by atoms with Gasteiger partial charge in [0.1, 0.15) is 5.75 Å². The highest BCUT2D eigenvalue weighted by Crippen LogP contribution is 2.37. The first kappa shape index (κ1) is 18.0. The van der Waals surface area contributed by atoms with Gasteiger partial charge in [-0.25, -0.2) is 4.79 Å². The van der Waals surface area contributed by atoms with E-state index in [9.17, 15) is 9.90 Å². The molecule has 1 aromatic heterocycles. The topological polar surface area (TPSA) is 71.5 Å². The van der Waals surface area contributed by atoms with Gasteiger partial charge in [0.15, 0.2) is 0 Å². The minimum atomic E-state index is -0.958. The molecule has 0 spiro atoms. The number of ether oxygens (including phenoxy) is 1. The van der Waals surface area contributed by atoms with Crippen molar-refractivity contribution in [2.24, 2.45) is 0 Å². The Kier molecular flexibility index (Phi) is 4.98. The SMILES string of the molecule is Cc1ccc(-c2ccc3c(c2)OCC[C@@H]3CNc2cnccc2C(=O)O)cc1. The van der Waals surface area contributed by atoms with E-state index in [1.165, 1.54) is 23.4 Å². The minimum Gasteiger partial charge on any atom is -0.493 e. The van der Waals surface area contributed by atoms with Gasteiger partial charge in [-0.1, -0.05) is 42.0 Å². The van der Waals surface area contributed by atoms with Gasteiger partial charge in [0.2, 0.25) is 0 Å². The Morgan fingerprint density at radius 2 is 1.96 bits per heavy atom. The number of carbonyl (C=O) groups is 1. The van der Waals surface area contributed by atoms with Crippen LogP contribution in [0.25, 0.3) is 11.1 Å². The van der Waals surface area contributed by atoms with Crippen LogP contribution in [0.2, 0.25) is 0 Å². The zero-order valence-electron chi connectivity index (χ0n) is 15.7. The van der Waals surface area contributed by atoms with Crippen LogP contribution >= 0.6 is 0 Å².